The molecule has 0 aromatic heterocycles. The summed E-state index contributed by atoms with van der Waals surface area (Å²) in [4.78, 5) is 5.14. The number of thiocarbonyl (C=S) groups is 1. The summed E-state index contributed by atoms with van der Waals surface area (Å²) in [5.41, 5.74) is 7.88. The van der Waals surface area contributed by atoms with Crippen LogP contribution in [0.5, 0.6) is 0 Å². The maximum absolute atomic E-state index is 5.78. The van der Waals surface area contributed by atoms with Gasteiger partial charge in [-0.3, -0.25) is 0 Å². The van der Waals surface area contributed by atoms with Crippen molar-refractivity contribution in [1.29, 1.82) is 0 Å². The van der Waals surface area contributed by atoms with Crippen LogP contribution in [0.4, 0.5) is 5.69 Å². The molecule has 2 N–H and O–H groups in total. The number of benzene rings is 1. The molecule has 0 saturated carbocycles. The molecule has 1 saturated heterocycles. The second-order valence-corrected chi connectivity index (χ2v) is 5.67. The van der Waals surface area contributed by atoms with E-state index in [1.807, 2.05) is 12.1 Å². The molecule has 17 heavy (non-hydrogen) atoms. The summed E-state index contributed by atoms with van der Waals surface area (Å²) in [5.74, 6) is 0. The summed E-state index contributed by atoms with van der Waals surface area (Å²) in [7, 11) is 2.15. The van der Waals surface area contributed by atoms with Crippen molar-refractivity contribution in [2.45, 2.75) is 0 Å². The molecule has 1 aliphatic rings. The van der Waals surface area contributed by atoms with Gasteiger partial charge in [0.15, 0.2) is 0 Å². The summed E-state index contributed by atoms with van der Waals surface area (Å²) >= 11 is 8.61. The molecule has 1 aromatic carbocycles. The molecule has 1 aromatic rings. The first-order valence-corrected chi connectivity index (χ1v) is 6.81. The maximum atomic E-state index is 5.78. The molecule has 0 spiro atoms. The van der Waals surface area contributed by atoms with Crippen LogP contribution in [0, 0.1) is 0 Å². The molecule has 1 heterocycles. The van der Waals surface area contributed by atoms with Crippen molar-refractivity contribution in [1.82, 2.24) is 4.90 Å². The third-order valence-corrected chi connectivity index (χ3v) is 3.78. The predicted octanol–water partition coefficient (Wildman–Crippen LogP) is 1.84. The first-order valence-electron chi connectivity index (χ1n) is 5.61. The van der Waals surface area contributed by atoms with Gasteiger partial charge in [-0.25, -0.2) is 0 Å². The summed E-state index contributed by atoms with van der Waals surface area (Å²) in [6.45, 7) is 4.18. The Labute approximate surface area is 116 Å². The Morgan fingerprint density at radius 1 is 1.29 bits per heavy atom. The molecule has 92 valence electrons. The predicted molar refractivity (Wildman–Crippen MR) is 79.7 cm³/mol. The first kappa shape index (κ1) is 12.8. The molecule has 0 aliphatic carbocycles. The lowest BCUT2D eigenvalue weighted by Gasteiger charge is -2.35. The molecule has 0 atom stereocenters. The number of piperazine rings is 1. The molecule has 3 nitrogen and oxygen atoms in total. The van der Waals surface area contributed by atoms with Gasteiger partial charge in [0.25, 0.3) is 0 Å². The fourth-order valence-corrected chi connectivity index (χ4v) is 2.54. The number of nitrogens with zero attached hydrogens (tertiary/aromatic N) is 2. The minimum Gasteiger partial charge on any atom is -0.389 e. The average Bonchev–Trinajstić information content (AvgIpc) is 2.29. The second kappa shape index (κ2) is 5.33. The fraction of sp³-hybridized carbons (Fsp3) is 0.417. The smallest absolute Gasteiger partial charge is 0.106 e. The van der Waals surface area contributed by atoms with Gasteiger partial charge in [-0.15, -0.1) is 0 Å². The van der Waals surface area contributed by atoms with Gasteiger partial charge >= 0.3 is 0 Å². The van der Waals surface area contributed by atoms with Crippen LogP contribution >= 0.6 is 28.1 Å². The highest BCUT2D eigenvalue weighted by atomic mass is 79.9. The Kier molecular flexibility index (Phi) is 4.01. The second-order valence-electron chi connectivity index (χ2n) is 4.32. The van der Waals surface area contributed by atoms with Gasteiger partial charge in [0.2, 0.25) is 0 Å². The summed E-state index contributed by atoms with van der Waals surface area (Å²) in [6, 6.07) is 6.06. The minimum absolute atomic E-state index is 0.464. The number of rotatable bonds is 2. The van der Waals surface area contributed by atoms with Crippen LogP contribution in [0.25, 0.3) is 0 Å². The van der Waals surface area contributed by atoms with E-state index in [1.54, 1.807) is 0 Å². The standard InChI is InChI=1S/C12H16BrN3S/c1-15-4-6-16(7-5-15)11-8-9(13)2-3-10(11)12(14)17/h2-3,8H,4-7H2,1H3,(H2,14,17). The summed E-state index contributed by atoms with van der Waals surface area (Å²) in [6.07, 6.45) is 0. The summed E-state index contributed by atoms with van der Waals surface area (Å²) < 4.78 is 1.06. The molecule has 0 bridgehead atoms. The lowest BCUT2D eigenvalue weighted by Crippen LogP contribution is -2.45. The van der Waals surface area contributed by atoms with Crippen LogP contribution in [0.1, 0.15) is 5.56 Å². The molecule has 5 heteroatoms. The Bertz CT molecular complexity index is 428. The third-order valence-electron chi connectivity index (χ3n) is 3.07. The van der Waals surface area contributed by atoms with E-state index in [-0.39, 0.29) is 0 Å². The van der Waals surface area contributed by atoms with Crippen LogP contribution in [-0.4, -0.2) is 43.1 Å². The van der Waals surface area contributed by atoms with Gasteiger partial charge in [0.05, 0.1) is 0 Å². The minimum atomic E-state index is 0.464. The highest BCUT2D eigenvalue weighted by Crippen LogP contribution is 2.26. The molecule has 0 amide bonds. The van der Waals surface area contributed by atoms with Crippen molar-refractivity contribution < 1.29 is 0 Å². The maximum Gasteiger partial charge on any atom is 0.106 e. The molecule has 2 rings (SSSR count). The fourth-order valence-electron chi connectivity index (χ4n) is 2.02. The monoisotopic (exact) mass is 313 g/mol. The van der Waals surface area contributed by atoms with E-state index in [9.17, 15) is 0 Å². The van der Waals surface area contributed by atoms with E-state index >= 15 is 0 Å². The zero-order chi connectivity index (χ0) is 12.4. The van der Waals surface area contributed by atoms with Crippen molar-refractivity contribution >= 4 is 38.8 Å². The SMILES string of the molecule is CN1CCN(c2cc(Br)ccc2C(N)=S)CC1. The lowest BCUT2D eigenvalue weighted by molar-refractivity contribution is 0.313. The Morgan fingerprint density at radius 2 is 1.94 bits per heavy atom. The number of nitrogens with two attached hydrogens (primary N) is 1. The van der Waals surface area contributed by atoms with Crippen LogP contribution in [0.15, 0.2) is 22.7 Å². The zero-order valence-corrected chi connectivity index (χ0v) is 12.2. The highest BCUT2D eigenvalue weighted by molar-refractivity contribution is 9.10. The first-order chi connectivity index (χ1) is 8.08. The van der Waals surface area contributed by atoms with Gasteiger partial charge in [0, 0.05) is 41.9 Å². The topological polar surface area (TPSA) is 32.5 Å². The number of hydrogen-bond acceptors (Lipinski definition) is 3. The quantitative estimate of drug-likeness (QED) is 0.844. The van der Waals surface area contributed by atoms with Crippen LogP contribution in [-0.2, 0) is 0 Å². The normalized spacial score (nSPS) is 17.2. The molecular formula is C12H16BrN3S. The van der Waals surface area contributed by atoms with E-state index in [0.29, 0.717) is 4.99 Å². The van der Waals surface area contributed by atoms with E-state index in [1.165, 1.54) is 0 Å². The van der Waals surface area contributed by atoms with E-state index in [0.717, 1.165) is 41.9 Å². The van der Waals surface area contributed by atoms with E-state index in [2.05, 4.69) is 38.8 Å². The van der Waals surface area contributed by atoms with Gasteiger partial charge in [-0.2, -0.15) is 0 Å². The Hall–Kier alpha value is -0.650. The van der Waals surface area contributed by atoms with Crippen LogP contribution in [0.2, 0.25) is 0 Å². The molecular weight excluding hydrogens is 298 g/mol. The van der Waals surface area contributed by atoms with Crippen molar-refractivity contribution in [3.63, 3.8) is 0 Å². The number of halogens is 1. The van der Waals surface area contributed by atoms with Crippen molar-refractivity contribution in [3.05, 3.63) is 28.2 Å². The average molecular weight is 314 g/mol. The van der Waals surface area contributed by atoms with Crippen molar-refractivity contribution in [2.75, 3.05) is 38.1 Å². The van der Waals surface area contributed by atoms with Crippen molar-refractivity contribution in [2.24, 2.45) is 5.73 Å². The molecule has 0 unspecified atom stereocenters. The zero-order valence-electron chi connectivity index (χ0n) is 9.82. The van der Waals surface area contributed by atoms with Gasteiger partial charge < -0.3 is 15.5 Å². The third kappa shape index (κ3) is 2.97. The van der Waals surface area contributed by atoms with Crippen LogP contribution < -0.4 is 10.6 Å². The highest BCUT2D eigenvalue weighted by Gasteiger charge is 2.18. The molecule has 0 radical (unpaired) electrons. The number of hydrogen-bond donors (Lipinski definition) is 1. The Balaban J connectivity index is 2.30. The molecule has 1 aliphatic heterocycles. The van der Waals surface area contributed by atoms with Crippen molar-refractivity contribution in [3.8, 4) is 0 Å². The van der Waals surface area contributed by atoms with Gasteiger partial charge in [0.1, 0.15) is 4.99 Å². The van der Waals surface area contributed by atoms with Crippen LogP contribution in [0.3, 0.4) is 0 Å². The van der Waals surface area contributed by atoms with Gasteiger partial charge in [-0.1, -0.05) is 28.1 Å². The molecule has 1 fully saturated rings. The summed E-state index contributed by atoms with van der Waals surface area (Å²) in [5, 5.41) is 0. The number of anilines is 1. The van der Waals surface area contributed by atoms with E-state index in [4.69, 9.17) is 18.0 Å². The van der Waals surface area contributed by atoms with Gasteiger partial charge in [-0.05, 0) is 25.2 Å². The lowest BCUT2D eigenvalue weighted by atomic mass is 10.1. The number of likely N-dealkylation sites (N-methyl/N-ethyl adjacent to an activating group) is 1. The Morgan fingerprint density at radius 3 is 2.53 bits per heavy atom. The van der Waals surface area contributed by atoms with E-state index < -0.39 is 0 Å². The largest absolute Gasteiger partial charge is 0.389 e.